The minimum absolute atomic E-state index is 0.0772. The van der Waals surface area contributed by atoms with Crippen molar-refractivity contribution in [2.45, 2.75) is 4.90 Å². The number of carboxylic acids is 1. The van der Waals surface area contributed by atoms with Crippen LogP contribution in [0, 0.1) is 0 Å². The second-order valence-electron chi connectivity index (χ2n) is 8.03. The topological polar surface area (TPSA) is 87.9 Å². The SMILES string of the molecule is O=C(O)CN(Sc1cc(Cl)cc(Cl)c1)c1ccc2c(ccn2-c2ccc(N3CCOCC3=O)cn2)c1. The first-order valence-electron chi connectivity index (χ1n) is 11.0. The van der Waals surface area contributed by atoms with Gasteiger partial charge in [-0.05, 0) is 66.5 Å². The molecule has 184 valence electrons. The number of nitrogens with zero attached hydrogens (tertiary/aromatic N) is 4. The zero-order valence-electron chi connectivity index (χ0n) is 18.8. The van der Waals surface area contributed by atoms with Gasteiger partial charge in [0.2, 0.25) is 0 Å². The first-order valence-corrected chi connectivity index (χ1v) is 12.5. The Hall–Kier alpha value is -3.24. The standard InChI is InChI=1S/C25H20Cl2N4O4S/c26-17-10-18(27)12-21(11-17)36-31(14-25(33)34)19-1-3-22-16(9-19)5-6-30(22)23-4-2-20(13-28-23)29-7-8-35-15-24(29)32/h1-6,9-13H,7-8,14-15H2,(H,33,34). The number of amides is 1. The Morgan fingerprint density at radius 3 is 2.61 bits per heavy atom. The van der Waals surface area contributed by atoms with E-state index in [9.17, 15) is 14.7 Å². The van der Waals surface area contributed by atoms with Crippen molar-refractivity contribution in [2.24, 2.45) is 0 Å². The Bertz CT molecular complexity index is 1420. The van der Waals surface area contributed by atoms with Gasteiger partial charge in [-0.15, -0.1) is 0 Å². The lowest BCUT2D eigenvalue weighted by Crippen LogP contribution is -2.41. The van der Waals surface area contributed by atoms with Crippen LogP contribution in [0.4, 0.5) is 11.4 Å². The van der Waals surface area contributed by atoms with E-state index in [0.29, 0.717) is 29.0 Å². The summed E-state index contributed by atoms with van der Waals surface area (Å²) in [5, 5.41) is 11.4. The normalized spacial score (nSPS) is 13.8. The molecule has 0 spiro atoms. The molecule has 1 saturated heterocycles. The summed E-state index contributed by atoms with van der Waals surface area (Å²) in [4.78, 5) is 30.6. The highest BCUT2D eigenvalue weighted by molar-refractivity contribution is 8.00. The third kappa shape index (κ3) is 5.29. The number of rotatable bonds is 7. The minimum Gasteiger partial charge on any atom is -0.480 e. The Morgan fingerprint density at radius 2 is 1.92 bits per heavy atom. The second-order valence-corrected chi connectivity index (χ2v) is 10.00. The molecule has 0 atom stereocenters. The molecule has 1 aliphatic heterocycles. The summed E-state index contributed by atoms with van der Waals surface area (Å²) < 4.78 is 8.80. The molecule has 4 aromatic rings. The summed E-state index contributed by atoms with van der Waals surface area (Å²) in [7, 11) is 0. The number of anilines is 2. The number of ether oxygens (including phenoxy) is 1. The van der Waals surface area contributed by atoms with Crippen LogP contribution in [-0.4, -0.2) is 52.8 Å². The van der Waals surface area contributed by atoms with E-state index in [1.165, 1.54) is 11.9 Å². The molecule has 0 saturated carbocycles. The number of carbonyl (C=O) groups excluding carboxylic acids is 1. The average Bonchev–Trinajstić information content (AvgIpc) is 3.26. The van der Waals surface area contributed by atoms with Crippen molar-refractivity contribution >= 4 is 69.3 Å². The van der Waals surface area contributed by atoms with Crippen molar-refractivity contribution in [2.75, 3.05) is 35.5 Å². The number of carbonyl (C=O) groups is 2. The monoisotopic (exact) mass is 542 g/mol. The number of pyridine rings is 1. The maximum atomic E-state index is 12.1. The molecular weight excluding hydrogens is 523 g/mol. The number of hydrogen-bond acceptors (Lipinski definition) is 6. The van der Waals surface area contributed by atoms with Crippen LogP contribution in [0.15, 0.2) is 71.9 Å². The summed E-state index contributed by atoms with van der Waals surface area (Å²) in [6.07, 6.45) is 3.59. The van der Waals surface area contributed by atoms with Gasteiger partial charge in [0.1, 0.15) is 19.0 Å². The third-order valence-electron chi connectivity index (χ3n) is 5.57. The van der Waals surface area contributed by atoms with Crippen molar-refractivity contribution in [3.63, 3.8) is 0 Å². The van der Waals surface area contributed by atoms with E-state index in [-0.39, 0.29) is 19.1 Å². The zero-order valence-corrected chi connectivity index (χ0v) is 21.1. The molecule has 5 rings (SSSR count). The highest BCUT2D eigenvalue weighted by atomic mass is 35.5. The van der Waals surface area contributed by atoms with Gasteiger partial charge in [0.05, 0.1) is 24.0 Å². The fourth-order valence-corrected chi connectivity index (χ4v) is 5.63. The minimum atomic E-state index is -0.962. The fraction of sp³-hybridized carbons (Fsp3) is 0.160. The summed E-state index contributed by atoms with van der Waals surface area (Å²) in [6, 6.07) is 16.5. The van der Waals surface area contributed by atoms with Gasteiger partial charge in [-0.25, -0.2) is 4.98 Å². The van der Waals surface area contributed by atoms with E-state index < -0.39 is 5.97 Å². The van der Waals surface area contributed by atoms with E-state index in [1.807, 2.05) is 47.2 Å². The van der Waals surface area contributed by atoms with Crippen molar-refractivity contribution in [1.29, 1.82) is 0 Å². The van der Waals surface area contributed by atoms with Crippen LogP contribution < -0.4 is 9.21 Å². The van der Waals surface area contributed by atoms with Crippen LogP contribution in [0.25, 0.3) is 16.7 Å². The number of carboxylic acid groups (broad SMARTS) is 1. The van der Waals surface area contributed by atoms with Crippen molar-refractivity contribution < 1.29 is 19.4 Å². The Kier molecular flexibility index (Phi) is 7.06. The van der Waals surface area contributed by atoms with E-state index >= 15 is 0 Å². The van der Waals surface area contributed by atoms with Crippen molar-refractivity contribution in [3.05, 3.63) is 77.0 Å². The maximum absolute atomic E-state index is 12.1. The van der Waals surface area contributed by atoms with Crippen LogP contribution in [0.1, 0.15) is 0 Å². The predicted molar refractivity (Wildman–Crippen MR) is 142 cm³/mol. The summed E-state index contributed by atoms with van der Waals surface area (Å²) >= 11 is 13.5. The molecule has 0 unspecified atom stereocenters. The molecule has 1 aliphatic rings. The largest absolute Gasteiger partial charge is 0.480 e. The Labute approximate surface area is 221 Å². The van der Waals surface area contributed by atoms with Gasteiger partial charge in [0, 0.05) is 38.8 Å². The van der Waals surface area contributed by atoms with Gasteiger partial charge >= 0.3 is 5.97 Å². The van der Waals surface area contributed by atoms with Gasteiger partial charge in [-0.2, -0.15) is 0 Å². The van der Waals surface area contributed by atoms with Gasteiger partial charge in [0.25, 0.3) is 5.91 Å². The Morgan fingerprint density at radius 1 is 1.11 bits per heavy atom. The van der Waals surface area contributed by atoms with Gasteiger partial charge in [-0.3, -0.25) is 9.59 Å². The van der Waals surface area contributed by atoms with Gasteiger partial charge in [-0.1, -0.05) is 23.2 Å². The van der Waals surface area contributed by atoms with E-state index in [4.69, 9.17) is 27.9 Å². The quantitative estimate of drug-likeness (QED) is 0.317. The Balaban J connectivity index is 1.42. The molecule has 1 fully saturated rings. The molecule has 2 aromatic carbocycles. The lowest BCUT2D eigenvalue weighted by Gasteiger charge is -2.26. The van der Waals surface area contributed by atoms with Gasteiger partial charge < -0.3 is 23.6 Å². The molecule has 0 radical (unpaired) electrons. The highest BCUT2D eigenvalue weighted by Gasteiger charge is 2.21. The summed E-state index contributed by atoms with van der Waals surface area (Å²) in [6.45, 7) is 0.860. The predicted octanol–water partition coefficient (Wildman–Crippen LogP) is 5.29. The molecule has 1 N–H and O–H groups in total. The summed E-state index contributed by atoms with van der Waals surface area (Å²) in [5.74, 6) is -0.345. The lowest BCUT2D eigenvalue weighted by molar-refractivity contribution is -0.135. The first-order chi connectivity index (χ1) is 17.4. The van der Waals surface area contributed by atoms with Crippen LogP contribution in [0.5, 0.6) is 0 Å². The van der Waals surface area contributed by atoms with Crippen LogP contribution in [0.3, 0.4) is 0 Å². The molecule has 1 amide bonds. The lowest BCUT2D eigenvalue weighted by atomic mass is 10.2. The second kappa shape index (κ2) is 10.4. The average molecular weight is 543 g/mol. The number of benzene rings is 2. The third-order valence-corrected chi connectivity index (χ3v) is 7.01. The van der Waals surface area contributed by atoms with E-state index in [2.05, 4.69) is 4.98 Å². The van der Waals surface area contributed by atoms with Gasteiger partial charge in [0.15, 0.2) is 0 Å². The first kappa shape index (κ1) is 24.5. The van der Waals surface area contributed by atoms with Crippen molar-refractivity contribution in [1.82, 2.24) is 9.55 Å². The molecule has 36 heavy (non-hydrogen) atoms. The van der Waals surface area contributed by atoms with E-state index in [1.54, 1.807) is 33.6 Å². The molecular formula is C25H20Cl2N4O4S. The molecule has 3 heterocycles. The van der Waals surface area contributed by atoms with E-state index in [0.717, 1.165) is 27.2 Å². The van der Waals surface area contributed by atoms with Crippen LogP contribution in [0.2, 0.25) is 10.0 Å². The smallest absolute Gasteiger partial charge is 0.324 e. The van der Waals surface area contributed by atoms with Crippen LogP contribution >= 0.6 is 35.1 Å². The maximum Gasteiger partial charge on any atom is 0.324 e. The highest BCUT2D eigenvalue weighted by Crippen LogP contribution is 2.34. The number of hydrogen-bond donors (Lipinski definition) is 1. The molecule has 2 aromatic heterocycles. The summed E-state index contributed by atoms with van der Waals surface area (Å²) in [5.41, 5.74) is 2.36. The number of aliphatic carboxylic acids is 1. The zero-order chi connectivity index (χ0) is 25.2. The molecule has 0 aliphatic carbocycles. The molecule has 11 heteroatoms. The fourth-order valence-electron chi connectivity index (χ4n) is 3.96. The number of halogens is 2. The number of fused-ring (bicyclic) bond motifs is 1. The van der Waals surface area contributed by atoms with Crippen molar-refractivity contribution in [3.8, 4) is 5.82 Å². The molecule has 0 bridgehead atoms. The number of morpholine rings is 1. The molecule has 8 nitrogen and oxygen atoms in total. The van der Waals surface area contributed by atoms with Crippen LogP contribution in [-0.2, 0) is 14.3 Å². The number of aromatic nitrogens is 2.